The van der Waals surface area contributed by atoms with Crippen molar-refractivity contribution in [3.05, 3.63) is 59.5 Å². The molecule has 1 atom stereocenters. The number of hydrogen-bond donors (Lipinski definition) is 2. The third kappa shape index (κ3) is 4.11. The molecule has 1 unspecified atom stereocenters. The van der Waals surface area contributed by atoms with Gasteiger partial charge in [-0.15, -0.1) is 0 Å². The summed E-state index contributed by atoms with van der Waals surface area (Å²) in [5.41, 5.74) is 0.902. The van der Waals surface area contributed by atoms with Crippen LogP contribution in [0.3, 0.4) is 0 Å². The van der Waals surface area contributed by atoms with Crippen LogP contribution in [0.25, 0.3) is 0 Å². The number of rotatable bonds is 6. The average molecular weight is 356 g/mol. The molecule has 26 heavy (non-hydrogen) atoms. The number of aromatic carboxylic acids is 1. The Morgan fingerprint density at radius 3 is 2.62 bits per heavy atom. The van der Waals surface area contributed by atoms with Crippen molar-refractivity contribution in [1.82, 2.24) is 10.2 Å². The fourth-order valence-corrected chi connectivity index (χ4v) is 3.08. The number of amides is 2. The summed E-state index contributed by atoms with van der Waals surface area (Å²) in [4.78, 5) is 37.5. The third-order valence-corrected chi connectivity index (χ3v) is 4.45. The molecule has 2 amide bonds. The zero-order valence-electron chi connectivity index (χ0n) is 14.2. The first-order valence-corrected chi connectivity index (χ1v) is 8.46. The van der Waals surface area contributed by atoms with Crippen molar-refractivity contribution in [3.63, 3.8) is 0 Å². The zero-order chi connectivity index (χ0) is 18.5. The van der Waals surface area contributed by atoms with Crippen LogP contribution in [0.2, 0.25) is 0 Å². The highest BCUT2D eigenvalue weighted by atomic mass is 16.4. The van der Waals surface area contributed by atoms with Gasteiger partial charge in [0.2, 0.25) is 11.8 Å². The van der Waals surface area contributed by atoms with Crippen molar-refractivity contribution in [2.75, 3.05) is 6.54 Å². The Morgan fingerprint density at radius 2 is 1.96 bits per heavy atom. The van der Waals surface area contributed by atoms with E-state index in [2.05, 4.69) is 5.32 Å². The molecule has 3 rings (SSSR count). The van der Waals surface area contributed by atoms with Gasteiger partial charge >= 0.3 is 5.97 Å². The lowest BCUT2D eigenvalue weighted by Gasteiger charge is -2.24. The van der Waals surface area contributed by atoms with Crippen LogP contribution < -0.4 is 5.32 Å². The van der Waals surface area contributed by atoms with Crippen LogP contribution >= 0.6 is 0 Å². The molecule has 2 aromatic rings. The monoisotopic (exact) mass is 356 g/mol. The summed E-state index contributed by atoms with van der Waals surface area (Å²) in [5.74, 6) is -0.666. The minimum absolute atomic E-state index is 0.135. The van der Waals surface area contributed by atoms with E-state index < -0.39 is 12.0 Å². The van der Waals surface area contributed by atoms with Gasteiger partial charge in [0.25, 0.3) is 0 Å². The van der Waals surface area contributed by atoms with Gasteiger partial charge in [-0.25, -0.2) is 4.79 Å². The maximum atomic E-state index is 12.6. The number of likely N-dealkylation sites (tertiary alicyclic amines) is 1. The lowest BCUT2D eigenvalue weighted by atomic mass is 10.1. The summed E-state index contributed by atoms with van der Waals surface area (Å²) in [6.45, 7) is 0.839. The van der Waals surface area contributed by atoms with Crippen LogP contribution in [0.15, 0.2) is 47.1 Å². The first kappa shape index (κ1) is 17.7. The molecule has 1 aliphatic rings. The normalized spacial score (nSPS) is 16.5. The second-order valence-corrected chi connectivity index (χ2v) is 6.22. The Kier molecular flexibility index (Phi) is 5.36. The zero-order valence-corrected chi connectivity index (χ0v) is 14.2. The molecule has 0 bridgehead atoms. The SMILES string of the molecule is O=C(O)c1ccc(CC(=O)N2CCCC2C(=O)NCc2ccco2)cc1. The summed E-state index contributed by atoms with van der Waals surface area (Å²) in [6.07, 6.45) is 3.10. The highest BCUT2D eigenvalue weighted by Crippen LogP contribution is 2.19. The Labute approximate surface area is 150 Å². The highest BCUT2D eigenvalue weighted by Gasteiger charge is 2.33. The molecule has 1 aromatic carbocycles. The smallest absolute Gasteiger partial charge is 0.335 e. The Balaban J connectivity index is 1.58. The summed E-state index contributed by atoms with van der Waals surface area (Å²) >= 11 is 0. The molecule has 0 aliphatic carbocycles. The van der Waals surface area contributed by atoms with E-state index >= 15 is 0 Å². The number of benzene rings is 1. The number of nitrogens with zero attached hydrogens (tertiary/aromatic N) is 1. The van der Waals surface area contributed by atoms with E-state index in [1.54, 1.807) is 35.4 Å². The van der Waals surface area contributed by atoms with Crippen molar-refractivity contribution < 1.29 is 23.9 Å². The molecule has 1 fully saturated rings. The predicted molar refractivity (Wildman–Crippen MR) is 92.4 cm³/mol. The first-order valence-electron chi connectivity index (χ1n) is 8.46. The minimum atomic E-state index is -1.00. The van der Waals surface area contributed by atoms with Gasteiger partial charge in [0, 0.05) is 6.54 Å². The summed E-state index contributed by atoms with van der Waals surface area (Å²) < 4.78 is 5.19. The molecule has 0 spiro atoms. The van der Waals surface area contributed by atoms with E-state index in [1.807, 2.05) is 0 Å². The van der Waals surface area contributed by atoms with Gasteiger partial charge in [-0.1, -0.05) is 12.1 Å². The second kappa shape index (κ2) is 7.86. The van der Waals surface area contributed by atoms with Crippen molar-refractivity contribution >= 4 is 17.8 Å². The summed E-state index contributed by atoms with van der Waals surface area (Å²) in [7, 11) is 0. The van der Waals surface area contributed by atoms with E-state index in [0.717, 1.165) is 12.0 Å². The van der Waals surface area contributed by atoms with Crippen molar-refractivity contribution in [2.45, 2.75) is 31.8 Å². The number of carboxylic acids is 1. The highest BCUT2D eigenvalue weighted by molar-refractivity contribution is 5.89. The number of carbonyl (C=O) groups is 3. The van der Waals surface area contributed by atoms with Crippen molar-refractivity contribution in [3.8, 4) is 0 Å². The van der Waals surface area contributed by atoms with Crippen molar-refractivity contribution in [2.24, 2.45) is 0 Å². The molecule has 7 nitrogen and oxygen atoms in total. The average Bonchev–Trinajstić information content (AvgIpc) is 3.31. The maximum absolute atomic E-state index is 12.6. The van der Waals surface area contributed by atoms with E-state index in [0.29, 0.717) is 25.3 Å². The first-order chi connectivity index (χ1) is 12.5. The van der Waals surface area contributed by atoms with Gasteiger partial charge in [-0.2, -0.15) is 0 Å². The molecule has 1 aliphatic heterocycles. The standard InChI is InChI=1S/C19H20N2O5/c22-17(11-13-5-7-14(8-6-13)19(24)25)21-9-1-4-16(21)18(23)20-12-15-3-2-10-26-15/h2-3,5-8,10,16H,1,4,9,11-12H2,(H,20,23)(H,24,25). The van der Waals surface area contributed by atoms with Gasteiger partial charge in [-0.05, 0) is 42.7 Å². The Bertz CT molecular complexity index is 783. The van der Waals surface area contributed by atoms with Gasteiger partial charge < -0.3 is 19.7 Å². The molecule has 7 heteroatoms. The largest absolute Gasteiger partial charge is 0.478 e. The fraction of sp³-hybridized carbons (Fsp3) is 0.316. The molecule has 0 radical (unpaired) electrons. The number of carboxylic acid groups (broad SMARTS) is 1. The number of hydrogen-bond acceptors (Lipinski definition) is 4. The Hall–Kier alpha value is -3.09. The van der Waals surface area contributed by atoms with E-state index in [4.69, 9.17) is 9.52 Å². The molecule has 1 aromatic heterocycles. The number of carbonyl (C=O) groups excluding carboxylic acids is 2. The molecule has 136 valence electrons. The van der Waals surface area contributed by atoms with Crippen LogP contribution in [-0.4, -0.2) is 40.4 Å². The summed E-state index contributed by atoms with van der Waals surface area (Å²) in [5, 5.41) is 11.7. The molecular weight excluding hydrogens is 336 g/mol. The molecule has 0 saturated carbocycles. The van der Waals surface area contributed by atoms with Gasteiger partial charge in [0.05, 0.1) is 24.8 Å². The maximum Gasteiger partial charge on any atom is 0.335 e. The van der Waals surface area contributed by atoms with E-state index in [-0.39, 0.29) is 23.8 Å². The minimum Gasteiger partial charge on any atom is -0.478 e. The fourth-order valence-electron chi connectivity index (χ4n) is 3.08. The van der Waals surface area contributed by atoms with Crippen LogP contribution in [0.4, 0.5) is 0 Å². The quantitative estimate of drug-likeness (QED) is 0.822. The van der Waals surface area contributed by atoms with E-state index in [1.165, 1.54) is 12.1 Å². The van der Waals surface area contributed by atoms with Gasteiger partial charge in [0.15, 0.2) is 0 Å². The van der Waals surface area contributed by atoms with Crippen LogP contribution in [0.1, 0.15) is 34.5 Å². The van der Waals surface area contributed by atoms with Crippen LogP contribution in [0.5, 0.6) is 0 Å². The lowest BCUT2D eigenvalue weighted by Crippen LogP contribution is -2.46. The van der Waals surface area contributed by atoms with Gasteiger partial charge in [-0.3, -0.25) is 9.59 Å². The summed E-state index contributed by atoms with van der Waals surface area (Å²) in [6, 6.07) is 9.26. The van der Waals surface area contributed by atoms with Crippen LogP contribution in [0, 0.1) is 0 Å². The lowest BCUT2D eigenvalue weighted by molar-refractivity contribution is -0.138. The topological polar surface area (TPSA) is 99.9 Å². The molecule has 2 heterocycles. The molecule has 1 saturated heterocycles. The third-order valence-electron chi connectivity index (χ3n) is 4.45. The second-order valence-electron chi connectivity index (χ2n) is 6.22. The van der Waals surface area contributed by atoms with Crippen LogP contribution in [-0.2, 0) is 22.6 Å². The molecule has 2 N–H and O–H groups in total. The van der Waals surface area contributed by atoms with Gasteiger partial charge in [0.1, 0.15) is 11.8 Å². The van der Waals surface area contributed by atoms with Crippen molar-refractivity contribution in [1.29, 1.82) is 0 Å². The Morgan fingerprint density at radius 1 is 1.19 bits per heavy atom. The van der Waals surface area contributed by atoms with E-state index in [9.17, 15) is 14.4 Å². The predicted octanol–water partition coefficient (Wildman–Crippen LogP) is 1.83. The molecular formula is C19H20N2O5. The number of furan rings is 1. The number of nitrogens with one attached hydrogen (secondary N) is 1.